The summed E-state index contributed by atoms with van der Waals surface area (Å²) in [6.45, 7) is 5.63. The molecule has 0 bridgehead atoms. The topological polar surface area (TPSA) is 63.4 Å². The fourth-order valence-corrected chi connectivity index (χ4v) is 3.10. The predicted octanol–water partition coefficient (Wildman–Crippen LogP) is -0.547. The van der Waals surface area contributed by atoms with E-state index in [4.69, 9.17) is 5.73 Å². The molecule has 1 atom stereocenters. The Morgan fingerprint density at radius 3 is 2.62 bits per heavy atom. The minimum Gasteiger partial charge on any atom is -0.329 e. The summed E-state index contributed by atoms with van der Waals surface area (Å²) in [5.74, 6) is 0.257. The first-order valence-electron chi connectivity index (χ1n) is 4.63. The SMILES string of the molecule is CC(C)N1CCS(=O)(=O)C(CN)C1. The number of rotatable bonds is 2. The van der Waals surface area contributed by atoms with Gasteiger partial charge in [-0.1, -0.05) is 0 Å². The molecule has 5 heteroatoms. The molecule has 0 aromatic heterocycles. The molecule has 0 spiro atoms. The van der Waals surface area contributed by atoms with Crippen LogP contribution in [0.15, 0.2) is 0 Å². The van der Waals surface area contributed by atoms with Crippen LogP contribution in [0.1, 0.15) is 13.8 Å². The Morgan fingerprint density at radius 1 is 1.54 bits per heavy atom. The van der Waals surface area contributed by atoms with Crippen molar-refractivity contribution in [2.45, 2.75) is 25.1 Å². The Bertz CT molecular complexity index is 261. The van der Waals surface area contributed by atoms with Crippen LogP contribution in [0, 0.1) is 0 Å². The molecule has 1 heterocycles. The third-order valence-corrected chi connectivity index (χ3v) is 4.71. The van der Waals surface area contributed by atoms with E-state index < -0.39 is 9.84 Å². The largest absolute Gasteiger partial charge is 0.329 e. The standard InChI is InChI=1S/C8H18N2O2S/c1-7(2)10-3-4-13(11,12)8(5-9)6-10/h7-8H,3-6,9H2,1-2H3. The van der Waals surface area contributed by atoms with E-state index in [1.54, 1.807) is 0 Å². The van der Waals surface area contributed by atoms with Crippen LogP contribution in [0.3, 0.4) is 0 Å². The fourth-order valence-electron chi connectivity index (χ4n) is 1.57. The maximum absolute atomic E-state index is 11.5. The average molecular weight is 206 g/mol. The fraction of sp³-hybridized carbons (Fsp3) is 1.00. The zero-order valence-electron chi connectivity index (χ0n) is 8.23. The third-order valence-electron chi connectivity index (χ3n) is 2.60. The second kappa shape index (κ2) is 3.94. The maximum atomic E-state index is 11.5. The van der Waals surface area contributed by atoms with Crippen LogP contribution < -0.4 is 5.73 Å². The first-order valence-corrected chi connectivity index (χ1v) is 6.34. The molecule has 4 nitrogen and oxygen atoms in total. The summed E-state index contributed by atoms with van der Waals surface area (Å²) in [4.78, 5) is 2.17. The maximum Gasteiger partial charge on any atom is 0.156 e. The Labute approximate surface area is 80.0 Å². The summed E-state index contributed by atoms with van der Waals surface area (Å²) in [7, 11) is -2.91. The summed E-state index contributed by atoms with van der Waals surface area (Å²) < 4.78 is 22.9. The van der Waals surface area contributed by atoms with Gasteiger partial charge < -0.3 is 5.73 Å². The second-order valence-corrected chi connectivity index (χ2v) is 6.21. The normalized spacial score (nSPS) is 29.4. The molecule has 0 aromatic rings. The molecule has 1 rings (SSSR count). The lowest BCUT2D eigenvalue weighted by molar-refractivity contribution is 0.224. The van der Waals surface area contributed by atoms with E-state index in [1.807, 2.05) is 0 Å². The number of hydrogen-bond donors (Lipinski definition) is 1. The second-order valence-electron chi connectivity index (χ2n) is 3.81. The molecule has 0 aliphatic carbocycles. The van der Waals surface area contributed by atoms with Gasteiger partial charge in [-0.3, -0.25) is 4.90 Å². The van der Waals surface area contributed by atoms with Crippen molar-refractivity contribution in [1.82, 2.24) is 4.90 Å². The lowest BCUT2D eigenvalue weighted by Crippen LogP contribution is -2.51. The van der Waals surface area contributed by atoms with E-state index in [0.29, 0.717) is 19.1 Å². The van der Waals surface area contributed by atoms with Crippen molar-refractivity contribution in [2.75, 3.05) is 25.4 Å². The number of sulfone groups is 1. The van der Waals surface area contributed by atoms with Crippen molar-refractivity contribution in [1.29, 1.82) is 0 Å². The van der Waals surface area contributed by atoms with Crippen molar-refractivity contribution in [3.05, 3.63) is 0 Å². The highest BCUT2D eigenvalue weighted by atomic mass is 32.2. The summed E-state index contributed by atoms with van der Waals surface area (Å²) in [5, 5.41) is -0.358. The lowest BCUT2D eigenvalue weighted by atomic mass is 10.3. The van der Waals surface area contributed by atoms with Crippen molar-refractivity contribution in [3.63, 3.8) is 0 Å². The van der Waals surface area contributed by atoms with Crippen LogP contribution in [0.4, 0.5) is 0 Å². The highest BCUT2D eigenvalue weighted by molar-refractivity contribution is 7.92. The molecular weight excluding hydrogens is 188 g/mol. The predicted molar refractivity (Wildman–Crippen MR) is 53.3 cm³/mol. The monoisotopic (exact) mass is 206 g/mol. The lowest BCUT2D eigenvalue weighted by Gasteiger charge is -2.34. The van der Waals surface area contributed by atoms with E-state index in [9.17, 15) is 8.42 Å². The molecule has 1 unspecified atom stereocenters. The van der Waals surface area contributed by atoms with E-state index in [1.165, 1.54) is 0 Å². The van der Waals surface area contributed by atoms with Gasteiger partial charge in [-0.25, -0.2) is 8.42 Å². The smallest absolute Gasteiger partial charge is 0.156 e. The van der Waals surface area contributed by atoms with E-state index in [0.717, 1.165) is 0 Å². The molecule has 0 aromatic carbocycles. The molecule has 1 saturated heterocycles. The molecule has 0 saturated carbocycles. The van der Waals surface area contributed by atoms with Gasteiger partial charge in [0.15, 0.2) is 9.84 Å². The minimum absolute atomic E-state index is 0.242. The zero-order chi connectivity index (χ0) is 10.1. The van der Waals surface area contributed by atoms with Crippen LogP contribution in [0.2, 0.25) is 0 Å². The number of nitrogens with zero attached hydrogens (tertiary/aromatic N) is 1. The molecule has 0 amide bonds. The molecular formula is C8H18N2O2S. The quantitative estimate of drug-likeness (QED) is 0.658. The van der Waals surface area contributed by atoms with Crippen molar-refractivity contribution < 1.29 is 8.42 Å². The first kappa shape index (κ1) is 10.9. The number of hydrogen-bond acceptors (Lipinski definition) is 4. The molecule has 1 fully saturated rings. The zero-order valence-corrected chi connectivity index (χ0v) is 9.05. The molecule has 78 valence electrons. The van der Waals surface area contributed by atoms with Gasteiger partial charge in [-0.05, 0) is 13.8 Å². The Hall–Kier alpha value is -0.130. The van der Waals surface area contributed by atoms with Gasteiger partial charge >= 0.3 is 0 Å². The van der Waals surface area contributed by atoms with Crippen LogP contribution >= 0.6 is 0 Å². The van der Waals surface area contributed by atoms with Gasteiger partial charge in [-0.2, -0.15) is 0 Å². The average Bonchev–Trinajstić information content (AvgIpc) is 2.03. The summed E-state index contributed by atoms with van der Waals surface area (Å²) in [6.07, 6.45) is 0. The van der Waals surface area contributed by atoms with Crippen LogP contribution in [-0.4, -0.2) is 50.0 Å². The van der Waals surface area contributed by atoms with E-state index >= 15 is 0 Å². The summed E-state index contributed by atoms with van der Waals surface area (Å²) >= 11 is 0. The summed E-state index contributed by atoms with van der Waals surface area (Å²) in [5.41, 5.74) is 5.44. The van der Waals surface area contributed by atoms with Crippen LogP contribution in [0.25, 0.3) is 0 Å². The van der Waals surface area contributed by atoms with E-state index in [2.05, 4.69) is 18.7 Å². The highest BCUT2D eigenvalue weighted by Gasteiger charge is 2.32. The van der Waals surface area contributed by atoms with Crippen molar-refractivity contribution >= 4 is 9.84 Å². The highest BCUT2D eigenvalue weighted by Crippen LogP contribution is 2.13. The minimum atomic E-state index is -2.91. The molecule has 2 N–H and O–H groups in total. The van der Waals surface area contributed by atoms with Gasteiger partial charge in [0.05, 0.1) is 11.0 Å². The Morgan fingerprint density at radius 2 is 2.15 bits per heavy atom. The van der Waals surface area contributed by atoms with Crippen LogP contribution in [0.5, 0.6) is 0 Å². The summed E-state index contributed by atoms with van der Waals surface area (Å²) in [6, 6.07) is 0.407. The molecule has 0 radical (unpaired) electrons. The molecule has 1 aliphatic rings. The van der Waals surface area contributed by atoms with Gasteiger partial charge in [-0.15, -0.1) is 0 Å². The van der Waals surface area contributed by atoms with Crippen molar-refractivity contribution in [3.8, 4) is 0 Å². The molecule has 13 heavy (non-hydrogen) atoms. The van der Waals surface area contributed by atoms with Gasteiger partial charge in [0.2, 0.25) is 0 Å². The third kappa shape index (κ3) is 2.42. The van der Waals surface area contributed by atoms with Crippen LogP contribution in [-0.2, 0) is 9.84 Å². The van der Waals surface area contributed by atoms with Gasteiger partial charge in [0.1, 0.15) is 0 Å². The van der Waals surface area contributed by atoms with Gasteiger partial charge in [0.25, 0.3) is 0 Å². The van der Waals surface area contributed by atoms with E-state index in [-0.39, 0.29) is 17.5 Å². The number of nitrogens with two attached hydrogens (primary N) is 1. The Kier molecular flexibility index (Phi) is 3.32. The Balaban J connectivity index is 2.69. The molecule has 1 aliphatic heterocycles. The van der Waals surface area contributed by atoms with Gasteiger partial charge in [0, 0.05) is 25.7 Å². The first-order chi connectivity index (χ1) is 5.97. The van der Waals surface area contributed by atoms with Crippen molar-refractivity contribution in [2.24, 2.45) is 5.73 Å².